The standard InChI is InChI=1S/C12H14BrF2NO3/c1-12(2,11(18)19-3)10(16)7-8(15)6(14)4-5(13)9(7)17/h4,10,17H,16H2,1-3H3/t10-/m1/s1. The Bertz CT molecular complexity index is 494. The lowest BCUT2D eigenvalue weighted by molar-refractivity contribution is -0.152. The second kappa shape index (κ2) is 5.42. The smallest absolute Gasteiger partial charge is 0.313 e. The molecule has 19 heavy (non-hydrogen) atoms. The number of halogens is 3. The first-order valence-corrected chi connectivity index (χ1v) is 6.14. The zero-order valence-electron chi connectivity index (χ0n) is 10.6. The molecule has 1 aromatic rings. The Balaban J connectivity index is 3.42. The average molecular weight is 338 g/mol. The van der Waals surface area contributed by atoms with Gasteiger partial charge in [0.15, 0.2) is 11.6 Å². The Kier molecular flexibility index (Phi) is 4.52. The zero-order valence-corrected chi connectivity index (χ0v) is 12.2. The van der Waals surface area contributed by atoms with Crippen molar-refractivity contribution in [3.05, 3.63) is 27.7 Å². The molecule has 3 N–H and O–H groups in total. The number of aromatic hydroxyl groups is 1. The second-order valence-corrected chi connectivity index (χ2v) is 5.46. The van der Waals surface area contributed by atoms with E-state index in [2.05, 4.69) is 20.7 Å². The number of esters is 1. The minimum absolute atomic E-state index is 0.0440. The van der Waals surface area contributed by atoms with Crippen LogP contribution in [0.5, 0.6) is 5.75 Å². The molecule has 0 bridgehead atoms. The highest BCUT2D eigenvalue weighted by molar-refractivity contribution is 9.10. The van der Waals surface area contributed by atoms with Crippen molar-refractivity contribution >= 4 is 21.9 Å². The molecule has 0 saturated carbocycles. The molecular weight excluding hydrogens is 324 g/mol. The highest BCUT2D eigenvalue weighted by Crippen LogP contribution is 2.41. The molecule has 0 amide bonds. The van der Waals surface area contributed by atoms with Crippen LogP contribution in [-0.4, -0.2) is 18.2 Å². The summed E-state index contributed by atoms with van der Waals surface area (Å²) in [6.45, 7) is 2.84. The van der Waals surface area contributed by atoms with Gasteiger partial charge >= 0.3 is 5.97 Å². The molecule has 0 aliphatic carbocycles. The van der Waals surface area contributed by atoms with E-state index in [-0.39, 0.29) is 4.47 Å². The molecule has 0 saturated heterocycles. The Labute approximate surface area is 117 Å². The molecular formula is C12H14BrF2NO3. The van der Waals surface area contributed by atoms with Crippen molar-refractivity contribution < 1.29 is 23.4 Å². The monoisotopic (exact) mass is 337 g/mol. The van der Waals surface area contributed by atoms with Crippen LogP contribution in [0.15, 0.2) is 10.5 Å². The summed E-state index contributed by atoms with van der Waals surface area (Å²) in [5.74, 6) is -3.69. The predicted octanol–water partition coefficient (Wildman–Crippen LogP) is 2.63. The molecule has 1 aromatic carbocycles. The highest BCUT2D eigenvalue weighted by Gasteiger charge is 2.40. The van der Waals surface area contributed by atoms with Crippen molar-refractivity contribution in [2.24, 2.45) is 11.1 Å². The lowest BCUT2D eigenvalue weighted by Gasteiger charge is -2.29. The van der Waals surface area contributed by atoms with E-state index in [9.17, 15) is 18.7 Å². The number of phenols is 1. The van der Waals surface area contributed by atoms with Crippen LogP contribution in [0.3, 0.4) is 0 Å². The topological polar surface area (TPSA) is 72.5 Å². The molecule has 0 heterocycles. The van der Waals surface area contributed by atoms with Crippen LogP contribution < -0.4 is 5.73 Å². The molecule has 0 radical (unpaired) electrons. The van der Waals surface area contributed by atoms with E-state index in [1.54, 1.807) is 0 Å². The van der Waals surface area contributed by atoms with Crippen molar-refractivity contribution in [2.45, 2.75) is 19.9 Å². The van der Waals surface area contributed by atoms with E-state index >= 15 is 0 Å². The van der Waals surface area contributed by atoms with Crippen molar-refractivity contribution in [2.75, 3.05) is 7.11 Å². The van der Waals surface area contributed by atoms with E-state index in [1.807, 2.05) is 0 Å². The van der Waals surface area contributed by atoms with Crippen molar-refractivity contribution in [3.8, 4) is 5.75 Å². The number of benzene rings is 1. The summed E-state index contributed by atoms with van der Waals surface area (Å²) >= 11 is 2.89. The summed E-state index contributed by atoms with van der Waals surface area (Å²) in [5, 5.41) is 9.81. The number of hydrogen-bond donors (Lipinski definition) is 2. The Hall–Kier alpha value is -1.21. The van der Waals surface area contributed by atoms with Gasteiger partial charge in [0.05, 0.1) is 28.6 Å². The number of hydrogen-bond acceptors (Lipinski definition) is 4. The Morgan fingerprint density at radius 2 is 2.05 bits per heavy atom. The molecule has 4 nitrogen and oxygen atoms in total. The molecule has 0 spiro atoms. The minimum Gasteiger partial charge on any atom is -0.506 e. The number of phenolic OH excluding ortho intramolecular Hbond substituents is 1. The van der Waals surface area contributed by atoms with Gasteiger partial charge in [0.25, 0.3) is 0 Å². The molecule has 0 unspecified atom stereocenters. The van der Waals surface area contributed by atoms with E-state index < -0.39 is 40.4 Å². The van der Waals surface area contributed by atoms with Crippen LogP contribution in [0.1, 0.15) is 25.5 Å². The number of rotatable bonds is 3. The summed E-state index contributed by atoms with van der Waals surface area (Å²) in [6, 6.07) is -0.488. The van der Waals surface area contributed by atoms with Crippen LogP contribution in [-0.2, 0) is 9.53 Å². The molecule has 0 fully saturated rings. The van der Waals surface area contributed by atoms with Crippen LogP contribution in [0.4, 0.5) is 8.78 Å². The summed E-state index contributed by atoms with van der Waals surface area (Å²) in [5.41, 5.74) is 4.00. The highest BCUT2D eigenvalue weighted by atomic mass is 79.9. The summed E-state index contributed by atoms with van der Waals surface area (Å²) in [4.78, 5) is 11.6. The fourth-order valence-electron chi connectivity index (χ4n) is 1.64. The van der Waals surface area contributed by atoms with Gasteiger partial charge in [-0.3, -0.25) is 4.79 Å². The normalized spacial score (nSPS) is 13.2. The van der Waals surface area contributed by atoms with Gasteiger partial charge in [0, 0.05) is 0 Å². The van der Waals surface area contributed by atoms with Gasteiger partial charge in [-0.05, 0) is 35.8 Å². The van der Waals surface area contributed by atoms with Gasteiger partial charge in [-0.15, -0.1) is 0 Å². The van der Waals surface area contributed by atoms with Gasteiger partial charge in [0.2, 0.25) is 0 Å². The largest absolute Gasteiger partial charge is 0.506 e. The number of carbonyl (C=O) groups is 1. The summed E-state index contributed by atoms with van der Waals surface area (Å²) < 4.78 is 31.7. The minimum atomic E-state index is -1.33. The van der Waals surface area contributed by atoms with Crippen molar-refractivity contribution in [1.82, 2.24) is 0 Å². The molecule has 106 valence electrons. The third-order valence-corrected chi connectivity index (χ3v) is 3.59. The summed E-state index contributed by atoms with van der Waals surface area (Å²) in [7, 11) is 1.16. The Morgan fingerprint density at radius 3 is 2.53 bits per heavy atom. The predicted molar refractivity (Wildman–Crippen MR) is 68.4 cm³/mol. The number of nitrogens with two attached hydrogens (primary N) is 1. The quantitative estimate of drug-likeness (QED) is 0.656. The van der Waals surface area contributed by atoms with Gasteiger partial charge in [0.1, 0.15) is 5.75 Å². The first-order valence-electron chi connectivity index (χ1n) is 5.35. The zero-order chi connectivity index (χ0) is 15.0. The van der Waals surface area contributed by atoms with Crippen LogP contribution in [0.25, 0.3) is 0 Å². The van der Waals surface area contributed by atoms with E-state index in [4.69, 9.17) is 5.73 Å². The van der Waals surface area contributed by atoms with Crippen LogP contribution >= 0.6 is 15.9 Å². The van der Waals surface area contributed by atoms with Crippen LogP contribution in [0.2, 0.25) is 0 Å². The molecule has 7 heteroatoms. The third kappa shape index (κ3) is 2.71. The Morgan fingerprint density at radius 1 is 1.53 bits per heavy atom. The molecule has 0 aromatic heterocycles. The summed E-state index contributed by atoms with van der Waals surface area (Å²) in [6.07, 6.45) is 0. The second-order valence-electron chi connectivity index (χ2n) is 4.61. The molecule has 1 rings (SSSR count). The first kappa shape index (κ1) is 15.8. The van der Waals surface area contributed by atoms with Gasteiger partial charge in [-0.25, -0.2) is 8.78 Å². The fraction of sp³-hybridized carbons (Fsp3) is 0.417. The number of ether oxygens (including phenoxy) is 1. The maximum absolute atomic E-state index is 13.8. The number of carbonyl (C=O) groups excluding carboxylic acids is 1. The maximum atomic E-state index is 13.8. The maximum Gasteiger partial charge on any atom is 0.313 e. The third-order valence-electron chi connectivity index (χ3n) is 2.98. The van der Waals surface area contributed by atoms with Gasteiger partial charge in [-0.1, -0.05) is 0 Å². The number of methoxy groups -OCH3 is 1. The molecule has 0 aliphatic heterocycles. The lowest BCUT2D eigenvalue weighted by Crippen LogP contribution is -2.38. The fourth-order valence-corrected chi connectivity index (χ4v) is 2.05. The SMILES string of the molecule is COC(=O)C(C)(C)[C@H](N)c1c(O)c(Br)cc(F)c1F. The molecule has 0 aliphatic rings. The average Bonchev–Trinajstić information content (AvgIpc) is 2.35. The lowest BCUT2D eigenvalue weighted by atomic mass is 9.80. The van der Waals surface area contributed by atoms with Gasteiger partial charge in [-0.2, -0.15) is 0 Å². The van der Waals surface area contributed by atoms with E-state index in [0.717, 1.165) is 13.2 Å². The van der Waals surface area contributed by atoms with E-state index in [0.29, 0.717) is 0 Å². The molecule has 1 atom stereocenters. The van der Waals surface area contributed by atoms with Gasteiger partial charge < -0.3 is 15.6 Å². The van der Waals surface area contributed by atoms with E-state index in [1.165, 1.54) is 13.8 Å². The van der Waals surface area contributed by atoms with Crippen molar-refractivity contribution in [1.29, 1.82) is 0 Å². The van der Waals surface area contributed by atoms with Crippen LogP contribution in [0, 0.1) is 17.0 Å². The van der Waals surface area contributed by atoms with Crippen molar-refractivity contribution in [3.63, 3.8) is 0 Å². The first-order chi connectivity index (χ1) is 8.64.